The van der Waals surface area contributed by atoms with Gasteiger partial charge in [-0.05, 0) is 29.7 Å². The van der Waals surface area contributed by atoms with Gasteiger partial charge in [0.2, 0.25) is 5.91 Å². The molecule has 2 rings (SSSR count). The summed E-state index contributed by atoms with van der Waals surface area (Å²) in [6.07, 6.45) is 0.503. The van der Waals surface area contributed by atoms with E-state index >= 15 is 0 Å². The zero-order valence-corrected chi connectivity index (χ0v) is 13.6. The minimum absolute atomic E-state index is 0.00798. The zero-order valence-electron chi connectivity index (χ0n) is 13.6. The standard InChI is InChI=1S/C19H21NO4/c1-24-16-12-10-15(11-13-16)19(14-6-3-2-4-7-14)20-17(21)8-5-9-18(22)23/h2-4,6-7,10-13,19H,5,8-9H2,1H3,(H,20,21)(H,22,23)/t19-/m1/s1. The Morgan fingerprint density at radius 2 is 1.62 bits per heavy atom. The zero-order chi connectivity index (χ0) is 17.4. The number of hydrogen-bond acceptors (Lipinski definition) is 3. The Morgan fingerprint density at radius 3 is 2.21 bits per heavy atom. The lowest BCUT2D eigenvalue weighted by Gasteiger charge is -2.20. The average molecular weight is 327 g/mol. The molecule has 24 heavy (non-hydrogen) atoms. The Labute approximate surface area is 141 Å². The smallest absolute Gasteiger partial charge is 0.303 e. The first-order chi connectivity index (χ1) is 11.6. The maximum atomic E-state index is 12.2. The fraction of sp³-hybridized carbons (Fsp3) is 0.263. The first-order valence-corrected chi connectivity index (χ1v) is 7.80. The van der Waals surface area contributed by atoms with Crippen molar-refractivity contribution in [1.82, 2.24) is 5.32 Å². The van der Waals surface area contributed by atoms with Crippen molar-refractivity contribution < 1.29 is 19.4 Å². The summed E-state index contributed by atoms with van der Waals surface area (Å²) in [6, 6.07) is 16.9. The van der Waals surface area contributed by atoms with Gasteiger partial charge in [-0.3, -0.25) is 9.59 Å². The molecule has 1 amide bonds. The van der Waals surface area contributed by atoms with Gasteiger partial charge in [0.05, 0.1) is 13.2 Å². The van der Waals surface area contributed by atoms with Gasteiger partial charge in [0.25, 0.3) is 0 Å². The number of carbonyl (C=O) groups excluding carboxylic acids is 1. The van der Waals surface area contributed by atoms with Crippen molar-refractivity contribution >= 4 is 11.9 Å². The molecule has 5 nitrogen and oxygen atoms in total. The monoisotopic (exact) mass is 327 g/mol. The van der Waals surface area contributed by atoms with Crippen LogP contribution in [0.3, 0.4) is 0 Å². The van der Waals surface area contributed by atoms with Crippen molar-refractivity contribution in [3.05, 3.63) is 65.7 Å². The van der Waals surface area contributed by atoms with E-state index < -0.39 is 5.97 Å². The largest absolute Gasteiger partial charge is 0.497 e. The summed E-state index contributed by atoms with van der Waals surface area (Å²) in [5, 5.41) is 11.7. The molecule has 1 atom stereocenters. The predicted molar refractivity (Wildman–Crippen MR) is 90.9 cm³/mol. The molecular weight excluding hydrogens is 306 g/mol. The molecule has 0 radical (unpaired) electrons. The second-order valence-electron chi connectivity index (χ2n) is 5.43. The summed E-state index contributed by atoms with van der Waals surface area (Å²) in [6.45, 7) is 0. The first kappa shape index (κ1) is 17.5. The quantitative estimate of drug-likeness (QED) is 0.781. The number of carbonyl (C=O) groups is 2. The number of hydrogen-bond donors (Lipinski definition) is 2. The van der Waals surface area contributed by atoms with Crippen LogP contribution >= 0.6 is 0 Å². The number of rotatable bonds is 8. The SMILES string of the molecule is COc1ccc([C@H](NC(=O)CCCC(=O)O)c2ccccc2)cc1. The molecule has 0 heterocycles. The van der Waals surface area contributed by atoms with Gasteiger partial charge in [-0.2, -0.15) is 0 Å². The summed E-state index contributed by atoms with van der Waals surface area (Å²) < 4.78 is 5.17. The number of ether oxygens (including phenoxy) is 1. The normalized spacial score (nSPS) is 11.5. The molecule has 0 aliphatic rings. The fourth-order valence-corrected chi connectivity index (χ4v) is 2.43. The molecule has 0 aliphatic carbocycles. The highest BCUT2D eigenvalue weighted by Gasteiger charge is 2.17. The summed E-state index contributed by atoms with van der Waals surface area (Å²) in [4.78, 5) is 22.7. The number of carboxylic acid groups (broad SMARTS) is 1. The number of amides is 1. The molecule has 0 unspecified atom stereocenters. The Morgan fingerprint density at radius 1 is 1.00 bits per heavy atom. The first-order valence-electron chi connectivity index (χ1n) is 7.80. The van der Waals surface area contributed by atoms with E-state index in [1.54, 1.807) is 7.11 Å². The van der Waals surface area contributed by atoms with Crippen LogP contribution in [0.4, 0.5) is 0 Å². The lowest BCUT2D eigenvalue weighted by atomic mass is 9.98. The Hall–Kier alpha value is -2.82. The fourth-order valence-electron chi connectivity index (χ4n) is 2.43. The van der Waals surface area contributed by atoms with Crippen LogP contribution in [0.2, 0.25) is 0 Å². The minimum atomic E-state index is -0.891. The highest BCUT2D eigenvalue weighted by Crippen LogP contribution is 2.24. The van der Waals surface area contributed by atoms with E-state index in [0.717, 1.165) is 16.9 Å². The van der Waals surface area contributed by atoms with E-state index in [2.05, 4.69) is 5.32 Å². The maximum absolute atomic E-state index is 12.2. The van der Waals surface area contributed by atoms with Gasteiger partial charge in [-0.25, -0.2) is 0 Å². The molecule has 126 valence electrons. The lowest BCUT2D eigenvalue weighted by Crippen LogP contribution is -2.29. The molecule has 5 heteroatoms. The molecule has 0 aliphatic heterocycles. The summed E-state index contributed by atoms with van der Waals surface area (Å²) in [7, 11) is 1.61. The Bertz CT molecular complexity index is 668. The third kappa shape index (κ3) is 5.12. The van der Waals surface area contributed by atoms with Gasteiger partial charge < -0.3 is 15.2 Å². The number of carboxylic acids is 1. The second-order valence-corrected chi connectivity index (χ2v) is 5.43. The topological polar surface area (TPSA) is 75.6 Å². The van der Waals surface area contributed by atoms with Gasteiger partial charge in [-0.1, -0.05) is 42.5 Å². The van der Waals surface area contributed by atoms with Gasteiger partial charge in [0, 0.05) is 12.8 Å². The van der Waals surface area contributed by atoms with Crippen molar-refractivity contribution in [3.63, 3.8) is 0 Å². The van der Waals surface area contributed by atoms with E-state index in [4.69, 9.17) is 9.84 Å². The van der Waals surface area contributed by atoms with Gasteiger partial charge in [-0.15, -0.1) is 0 Å². The molecule has 0 aromatic heterocycles. The van der Waals surface area contributed by atoms with Crippen LogP contribution in [0.1, 0.15) is 36.4 Å². The summed E-state index contributed by atoms with van der Waals surface area (Å²) in [5.41, 5.74) is 1.91. The number of benzene rings is 2. The molecule has 0 fully saturated rings. The molecule has 2 aromatic carbocycles. The van der Waals surface area contributed by atoms with Crippen LogP contribution < -0.4 is 10.1 Å². The van der Waals surface area contributed by atoms with Crippen LogP contribution in [0.15, 0.2) is 54.6 Å². The van der Waals surface area contributed by atoms with Crippen LogP contribution in [-0.2, 0) is 9.59 Å². The Kier molecular flexibility index (Phi) is 6.37. The third-order valence-corrected chi connectivity index (χ3v) is 3.68. The van der Waals surface area contributed by atoms with E-state index in [0.29, 0.717) is 6.42 Å². The molecule has 2 aromatic rings. The molecule has 0 spiro atoms. The molecule has 2 N–H and O–H groups in total. The third-order valence-electron chi connectivity index (χ3n) is 3.68. The highest BCUT2D eigenvalue weighted by atomic mass is 16.5. The lowest BCUT2D eigenvalue weighted by molar-refractivity contribution is -0.137. The molecule has 0 saturated carbocycles. The van der Waals surface area contributed by atoms with Crippen molar-refractivity contribution in [3.8, 4) is 5.75 Å². The van der Waals surface area contributed by atoms with Crippen LogP contribution in [0.5, 0.6) is 5.75 Å². The van der Waals surface area contributed by atoms with Gasteiger partial charge in [0.1, 0.15) is 5.75 Å². The van der Waals surface area contributed by atoms with Crippen LogP contribution in [-0.4, -0.2) is 24.1 Å². The second kappa shape index (κ2) is 8.72. The van der Waals surface area contributed by atoms with Crippen LogP contribution in [0, 0.1) is 0 Å². The summed E-state index contributed by atoms with van der Waals surface area (Å²) in [5.74, 6) is -0.308. The van der Waals surface area contributed by atoms with E-state index in [1.165, 1.54) is 0 Å². The van der Waals surface area contributed by atoms with Crippen molar-refractivity contribution in [1.29, 1.82) is 0 Å². The van der Waals surface area contributed by atoms with E-state index in [1.807, 2.05) is 54.6 Å². The van der Waals surface area contributed by atoms with Crippen molar-refractivity contribution in [2.75, 3.05) is 7.11 Å². The number of aliphatic carboxylic acids is 1. The predicted octanol–water partition coefficient (Wildman–Crippen LogP) is 3.16. The molecular formula is C19H21NO4. The van der Waals surface area contributed by atoms with Gasteiger partial charge >= 0.3 is 5.97 Å². The minimum Gasteiger partial charge on any atom is -0.497 e. The highest BCUT2D eigenvalue weighted by molar-refractivity contribution is 5.77. The average Bonchev–Trinajstić information content (AvgIpc) is 2.60. The summed E-state index contributed by atoms with van der Waals surface area (Å²) >= 11 is 0. The van der Waals surface area contributed by atoms with E-state index in [-0.39, 0.29) is 24.8 Å². The van der Waals surface area contributed by atoms with Crippen molar-refractivity contribution in [2.24, 2.45) is 0 Å². The van der Waals surface area contributed by atoms with Crippen molar-refractivity contribution in [2.45, 2.75) is 25.3 Å². The van der Waals surface area contributed by atoms with Crippen LogP contribution in [0.25, 0.3) is 0 Å². The van der Waals surface area contributed by atoms with E-state index in [9.17, 15) is 9.59 Å². The number of nitrogens with one attached hydrogen (secondary N) is 1. The maximum Gasteiger partial charge on any atom is 0.303 e. The number of methoxy groups -OCH3 is 1. The Balaban J connectivity index is 2.14. The van der Waals surface area contributed by atoms with Gasteiger partial charge in [0.15, 0.2) is 0 Å². The molecule has 0 bridgehead atoms. The molecule has 0 saturated heterocycles.